The number of esters is 1. The quantitative estimate of drug-likeness (QED) is 0.798. The molecule has 0 aliphatic carbocycles. The molecule has 4 nitrogen and oxygen atoms in total. The Kier molecular flexibility index (Phi) is 6.47. The Labute approximate surface area is 148 Å². The van der Waals surface area contributed by atoms with Gasteiger partial charge in [0.2, 0.25) is 5.91 Å². The highest BCUT2D eigenvalue weighted by atomic mass is 35.5. The molecule has 0 spiro atoms. The highest BCUT2D eigenvalue weighted by Crippen LogP contribution is 2.12. The Bertz CT molecular complexity index is 765. The summed E-state index contributed by atoms with van der Waals surface area (Å²) in [5.41, 5.74) is 1.08. The summed E-state index contributed by atoms with van der Waals surface area (Å²) >= 11 is 5.82. The minimum absolute atomic E-state index is 0.189. The van der Waals surface area contributed by atoms with E-state index < -0.39 is 29.6 Å². The fourth-order valence-corrected chi connectivity index (χ4v) is 2.40. The van der Waals surface area contributed by atoms with E-state index >= 15 is 0 Å². The second-order valence-corrected chi connectivity index (χ2v) is 5.84. The first kappa shape index (κ1) is 18.9. The lowest BCUT2D eigenvalue weighted by Crippen LogP contribution is -2.43. The van der Waals surface area contributed by atoms with Gasteiger partial charge in [0.25, 0.3) is 0 Å². The Hall–Kier alpha value is -2.47. The standard InChI is InChI=1S/C18H16ClF2NO3/c1-25-18(24)16(9-11-2-5-13(19)6-3-11)22-17(23)10-12-4-7-14(20)15(21)8-12/h2-8,16H,9-10H2,1H3,(H,22,23)/t16-/m1/s1. The summed E-state index contributed by atoms with van der Waals surface area (Å²) in [6.45, 7) is 0. The van der Waals surface area contributed by atoms with Crippen LogP contribution in [0.3, 0.4) is 0 Å². The lowest BCUT2D eigenvalue weighted by molar-refractivity contribution is -0.145. The van der Waals surface area contributed by atoms with Crippen molar-refractivity contribution in [3.63, 3.8) is 0 Å². The van der Waals surface area contributed by atoms with E-state index in [1.807, 2.05) is 0 Å². The van der Waals surface area contributed by atoms with Crippen LogP contribution in [0.2, 0.25) is 5.02 Å². The summed E-state index contributed by atoms with van der Waals surface area (Å²) < 4.78 is 30.8. The van der Waals surface area contributed by atoms with Gasteiger partial charge in [-0.3, -0.25) is 4.79 Å². The van der Waals surface area contributed by atoms with Gasteiger partial charge in [-0.05, 0) is 35.4 Å². The SMILES string of the molecule is COC(=O)[C@@H](Cc1ccc(Cl)cc1)NC(=O)Cc1ccc(F)c(F)c1. The van der Waals surface area contributed by atoms with E-state index in [-0.39, 0.29) is 12.8 Å². The molecule has 25 heavy (non-hydrogen) atoms. The van der Waals surface area contributed by atoms with Crippen LogP contribution in [0.15, 0.2) is 42.5 Å². The fraction of sp³-hybridized carbons (Fsp3) is 0.222. The van der Waals surface area contributed by atoms with Crippen molar-refractivity contribution in [2.24, 2.45) is 0 Å². The van der Waals surface area contributed by atoms with Gasteiger partial charge in [0, 0.05) is 11.4 Å². The van der Waals surface area contributed by atoms with Crippen LogP contribution in [0.4, 0.5) is 8.78 Å². The van der Waals surface area contributed by atoms with E-state index in [1.54, 1.807) is 24.3 Å². The minimum Gasteiger partial charge on any atom is -0.467 e. The number of methoxy groups -OCH3 is 1. The van der Waals surface area contributed by atoms with Crippen molar-refractivity contribution in [2.75, 3.05) is 7.11 Å². The number of carbonyl (C=O) groups is 2. The van der Waals surface area contributed by atoms with Crippen LogP contribution in [-0.4, -0.2) is 25.0 Å². The van der Waals surface area contributed by atoms with Crippen molar-refractivity contribution in [3.05, 3.63) is 70.2 Å². The van der Waals surface area contributed by atoms with Gasteiger partial charge in [0.15, 0.2) is 11.6 Å². The first-order valence-corrected chi connectivity index (χ1v) is 7.82. The van der Waals surface area contributed by atoms with Crippen molar-refractivity contribution in [3.8, 4) is 0 Å². The summed E-state index contributed by atoms with van der Waals surface area (Å²) in [6.07, 6.45) is 0.0265. The number of nitrogens with one attached hydrogen (secondary N) is 1. The molecule has 7 heteroatoms. The van der Waals surface area contributed by atoms with Crippen LogP contribution in [0, 0.1) is 11.6 Å². The molecule has 2 aromatic rings. The number of ether oxygens (including phenoxy) is 1. The fourth-order valence-electron chi connectivity index (χ4n) is 2.27. The maximum atomic E-state index is 13.2. The number of carbonyl (C=O) groups excluding carboxylic acids is 2. The number of benzene rings is 2. The van der Waals surface area contributed by atoms with Crippen LogP contribution >= 0.6 is 11.6 Å². The molecule has 0 aromatic heterocycles. The molecule has 1 amide bonds. The van der Waals surface area contributed by atoms with Gasteiger partial charge in [0.05, 0.1) is 13.5 Å². The number of hydrogen-bond acceptors (Lipinski definition) is 3. The normalized spacial score (nSPS) is 11.7. The largest absolute Gasteiger partial charge is 0.467 e. The maximum Gasteiger partial charge on any atom is 0.328 e. The van der Waals surface area contributed by atoms with E-state index in [2.05, 4.69) is 5.32 Å². The highest BCUT2D eigenvalue weighted by Gasteiger charge is 2.22. The first-order chi connectivity index (χ1) is 11.9. The van der Waals surface area contributed by atoms with Crippen molar-refractivity contribution in [1.29, 1.82) is 0 Å². The molecule has 0 unspecified atom stereocenters. The molecule has 1 atom stereocenters. The number of amides is 1. The van der Waals surface area contributed by atoms with Crippen LogP contribution in [0.1, 0.15) is 11.1 Å². The van der Waals surface area contributed by atoms with Gasteiger partial charge in [-0.25, -0.2) is 13.6 Å². The van der Waals surface area contributed by atoms with E-state index in [0.717, 1.165) is 17.7 Å². The van der Waals surface area contributed by atoms with Gasteiger partial charge in [-0.2, -0.15) is 0 Å². The zero-order chi connectivity index (χ0) is 18.4. The maximum absolute atomic E-state index is 13.2. The van der Waals surface area contributed by atoms with Crippen LogP contribution in [-0.2, 0) is 27.2 Å². The Morgan fingerprint density at radius 1 is 1.08 bits per heavy atom. The molecule has 0 saturated carbocycles. The van der Waals surface area contributed by atoms with E-state index in [4.69, 9.17) is 16.3 Å². The molecule has 2 aromatic carbocycles. The van der Waals surface area contributed by atoms with Gasteiger partial charge in [-0.15, -0.1) is 0 Å². The highest BCUT2D eigenvalue weighted by molar-refractivity contribution is 6.30. The van der Waals surface area contributed by atoms with Gasteiger partial charge < -0.3 is 10.1 Å². The van der Waals surface area contributed by atoms with Crippen LogP contribution < -0.4 is 5.32 Å². The zero-order valence-electron chi connectivity index (χ0n) is 13.4. The summed E-state index contributed by atoms with van der Waals surface area (Å²) in [5, 5.41) is 3.11. The smallest absolute Gasteiger partial charge is 0.328 e. The summed E-state index contributed by atoms with van der Waals surface area (Å²) in [6, 6.07) is 9.13. The molecule has 0 aliphatic heterocycles. The number of hydrogen-bond donors (Lipinski definition) is 1. The average molecular weight is 368 g/mol. The van der Waals surface area contributed by atoms with E-state index in [1.165, 1.54) is 13.2 Å². The number of rotatable bonds is 6. The van der Waals surface area contributed by atoms with Crippen LogP contribution in [0.5, 0.6) is 0 Å². The van der Waals surface area contributed by atoms with Crippen molar-refractivity contribution < 1.29 is 23.1 Å². The topological polar surface area (TPSA) is 55.4 Å². The Morgan fingerprint density at radius 2 is 1.72 bits per heavy atom. The molecule has 132 valence electrons. The minimum atomic E-state index is -1.03. The predicted octanol–water partition coefficient (Wildman–Crippen LogP) is 3.06. The van der Waals surface area contributed by atoms with Gasteiger partial charge >= 0.3 is 5.97 Å². The summed E-state index contributed by atoms with van der Waals surface area (Å²) in [7, 11) is 1.22. The second kappa shape index (κ2) is 8.58. The molecule has 0 heterocycles. The predicted molar refractivity (Wildman–Crippen MR) is 89.2 cm³/mol. The van der Waals surface area contributed by atoms with Crippen molar-refractivity contribution >= 4 is 23.5 Å². The molecule has 1 N–H and O–H groups in total. The third kappa shape index (κ3) is 5.53. The Balaban J connectivity index is 2.05. The number of halogens is 3. The molecule has 0 aliphatic rings. The van der Waals surface area contributed by atoms with Crippen LogP contribution in [0.25, 0.3) is 0 Å². The Morgan fingerprint density at radius 3 is 2.32 bits per heavy atom. The monoisotopic (exact) mass is 367 g/mol. The van der Waals surface area contributed by atoms with Crippen molar-refractivity contribution in [1.82, 2.24) is 5.32 Å². The van der Waals surface area contributed by atoms with E-state index in [9.17, 15) is 18.4 Å². The van der Waals surface area contributed by atoms with Gasteiger partial charge in [0.1, 0.15) is 6.04 Å². The lowest BCUT2D eigenvalue weighted by atomic mass is 10.1. The average Bonchev–Trinajstić information content (AvgIpc) is 2.58. The van der Waals surface area contributed by atoms with E-state index in [0.29, 0.717) is 10.6 Å². The summed E-state index contributed by atoms with van der Waals surface area (Å²) in [4.78, 5) is 24.0. The van der Waals surface area contributed by atoms with Gasteiger partial charge in [-0.1, -0.05) is 29.8 Å². The molecule has 0 fully saturated rings. The third-order valence-electron chi connectivity index (χ3n) is 3.52. The molecule has 2 rings (SSSR count). The van der Waals surface area contributed by atoms with Crippen molar-refractivity contribution in [2.45, 2.75) is 18.9 Å². The molecule has 0 saturated heterocycles. The molecule has 0 radical (unpaired) electrons. The lowest BCUT2D eigenvalue weighted by Gasteiger charge is -2.17. The zero-order valence-corrected chi connectivity index (χ0v) is 14.1. The first-order valence-electron chi connectivity index (χ1n) is 7.44. The molecular formula is C18H16ClF2NO3. The third-order valence-corrected chi connectivity index (χ3v) is 3.77. The molecule has 0 bridgehead atoms. The molecular weight excluding hydrogens is 352 g/mol. The summed E-state index contributed by atoms with van der Waals surface area (Å²) in [5.74, 6) is -3.13. The second-order valence-electron chi connectivity index (χ2n) is 5.40.